The molecule has 1 aliphatic heterocycles. The Labute approximate surface area is 174 Å². The lowest BCUT2D eigenvalue weighted by atomic mass is 10.1. The molecule has 2 aromatic rings. The van der Waals surface area contributed by atoms with Gasteiger partial charge in [-0.1, -0.05) is 48.4 Å². The number of hydrogen-bond acceptors (Lipinski definition) is 6. The van der Waals surface area contributed by atoms with E-state index in [9.17, 15) is 9.59 Å². The topological polar surface area (TPSA) is 73.9 Å². The van der Waals surface area contributed by atoms with Crippen molar-refractivity contribution in [3.63, 3.8) is 0 Å². The number of likely N-dealkylation sites (tertiary alicyclic amines) is 1. The molecule has 1 fully saturated rings. The second-order valence-electron chi connectivity index (χ2n) is 6.59. The minimum Gasteiger partial charge on any atom is -0.374 e. The first-order valence-electron chi connectivity index (χ1n) is 9.02. The van der Waals surface area contributed by atoms with Gasteiger partial charge >= 0.3 is 11.5 Å². The first-order valence-corrected chi connectivity index (χ1v) is 9.40. The lowest BCUT2D eigenvalue weighted by Crippen LogP contribution is -2.40. The third kappa shape index (κ3) is 5.38. The van der Waals surface area contributed by atoms with Crippen molar-refractivity contribution in [2.24, 2.45) is 5.92 Å². The van der Waals surface area contributed by atoms with E-state index in [1.807, 2.05) is 18.2 Å². The van der Waals surface area contributed by atoms with Crippen LogP contribution in [0.4, 0.5) is 0 Å². The SMILES string of the molecule is COOC(=O)C(CN1CCCCC1)Cn1oc(-c2ccccc2)c(Cl)c1=O.Cl. The number of hydrogen-bond donors (Lipinski definition) is 0. The number of piperidine rings is 1. The van der Waals surface area contributed by atoms with Crippen molar-refractivity contribution in [2.45, 2.75) is 25.8 Å². The van der Waals surface area contributed by atoms with Crippen LogP contribution in [0.1, 0.15) is 19.3 Å². The van der Waals surface area contributed by atoms with Gasteiger partial charge in [0.05, 0.1) is 19.6 Å². The van der Waals surface area contributed by atoms with E-state index < -0.39 is 17.4 Å². The minimum absolute atomic E-state index is 0. The highest BCUT2D eigenvalue weighted by molar-refractivity contribution is 6.32. The first-order chi connectivity index (χ1) is 13.1. The molecular formula is C19H24Cl2N2O5. The van der Waals surface area contributed by atoms with Crippen LogP contribution in [0.25, 0.3) is 11.3 Å². The van der Waals surface area contributed by atoms with Gasteiger partial charge in [0.15, 0.2) is 10.8 Å². The fourth-order valence-corrected chi connectivity index (χ4v) is 3.54. The first kappa shape index (κ1) is 22.5. The molecule has 0 saturated carbocycles. The average Bonchev–Trinajstić information content (AvgIpc) is 2.97. The van der Waals surface area contributed by atoms with Gasteiger partial charge in [-0.05, 0) is 25.9 Å². The molecule has 1 aromatic heterocycles. The summed E-state index contributed by atoms with van der Waals surface area (Å²) in [6.45, 7) is 2.33. The fourth-order valence-electron chi connectivity index (χ4n) is 3.30. The number of aromatic nitrogens is 1. The third-order valence-electron chi connectivity index (χ3n) is 4.66. The summed E-state index contributed by atoms with van der Waals surface area (Å²) in [7, 11) is 1.28. The van der Waals surface area contributed by atoms with Gasteiger partial charge in [0.1, 0.15) is 0 Å². The van der Waals surface area contributed by atoms with E-state index in [1.54, 1.807) is 12.1 Å². The molecule has 1 aliphatic rings. The summed E-state index contributed by atoms with van der Waals surface area (Å²) in [5.74, 6) is -0.852. The standard InChI is InChI=1S/C19H23ClN2O5.ClH/c1-25-27-19(24)15(12-21-10-6-3-7-11-21)13-22-18(23)16(20)17(26-22)14-8-4-2-5-9-14;/h2,4-5,8-9,15H,3,6-7,10-13H2,1H3;1H. The van der Waals surface area contributed by atoms with E-state index >= 15 is 0 Å². The molecule has 1 saturated heterocycles. The van der Waals surface area contributed by atoms with Gasteiger partial charge in [-0.25, -0.2) is 4.79 Å². The van der Waals surface area contributed by atoms with Gasteiger partial charge in [0.2, 0.25) is 0 Å². The van der Waals surface area contributed by atoms with Crippen LogP contribution in [0.15, 0.2) is 39.6 Å². The molecule has 154 valence electrons. The van der Waals surface area contributed by atoms with E-state index in [0.29, 0.717) is 17.9 Å². The molecule has 0 aliphatic carbocycles. The largest absolute Gasteiger partial charge is 0.374 e. The monoisotopic (exact) mass is 430 g/mol. The summed E-state index contributed by atoms with van der Waals surface area (Å²) < 4.78 is 6.81. The molecule has 1 atom stereocenters. The zero-order valence-corrected chi connectivity index (χ0v) is 17.2. The van der Waals surface area contributed by atoms with E-state index in [0.717, 1.165) is 30.7 Å². The quantitative estimate of drug-likeness (QED) is 0.494. The van der Waals surface area contributed by atoms with Gasteiger partial charge in [0.25, 0.3) is 0 Å². The molecule has 0 bridgehead atoms. The minimum atomic E-state index is -0.605. The van der Waals surface area contributed by atoms with Gasteiger partial charge in [-0.15, -0.1) is 12.4 Å². The predicted molar refractivity (Wildman–Crippen MR) is 108 cm³/mol. The van der Waals surface area contributed by atoms with Crippen LogP contribution in [0.2, 0.25) is 5.02 Å². The van der Waals surface area contributed by atoms with Crippen LogP contribution in [-0.4, -0.2) is 42.4 Å². The molecule has 0 spiro atoms. The maximum atomic E-state index is 12.5. The highest BCUT2D eigenvalue weighted by Crippen LogP contribution is 2.26. The van der Waals surface area contributed by atoms with Gasteiger partial charge < -0.3 is 9.42 Å². The molecule has 0 N–H and O–H groups in total. The van der Waals surface area contributed by atoms with Gasteiger partial charge in [-0.2, -0.15) is 9.63 Å². The summed E-state index contributed by atoms with van der Waals surface area (Å²) in [5, 5.41) is -0.00182. The Kier molecular flexibility index (Phi) is 8.57. The van der Waals surface area contributed by atoms with E-state index in [-0.39, 0.29) is 24.0 Å². The Morgan fingerprint density at radius 3 is 2.50 bits per heavy atom. The van der Waals surface area contributed by atoms with Crippen LogP contribution in [-0.2, 0) is 21.1 Å². The van der Waals surface area contributed by atoms with Crippen LogP contribution in [0.3, 0.4) is 0 Å². The molecule has 3 rings (SSSR count). The molecule has 0 amide bonds. The van der Waals surface area contributed by atoms with E-state index in [2.05, 4.69) is 9.79 Å². The number of rotatable bonds is 7. The molecule has 2 heterocycles. The predicted octanol–water partition coefficient (Wildman–Crippen LogP) is 3.39. The van der Waals surface area contributed by atoms with E-state index in [4.69, 9.17) is 21.0 Å². The molecule has 7 nitrogen and oxygen atoms in total. The van der Waals surface area contributed by atoms with Crippen molar-refractivity contribution in [1.82, 2.24) is 9.64 Å². The summed E-state index contributed by atoms with van der Waals surface area (Å²) in [6.07, 6.45) is 3.38. The van der Waals surface area contributed by atoms with Crippen molar-refractivity contribution < 1.29 is 19.1 Å². The van der Waals surface area contributed by atoms with Crippen molar-refractivity contribution in [2.75, 3.05) is 26.7 Å². The maximum absolute atomic E-state index is 12.5. The van der Waals surface area contributed by atoms with Crippen molar-refractivity contribution >= 4 is 30.0 Å². The molecular weight excluding hydrogens is 407 g/mol. The Bertz CT molecular complexity index is 815. The second-order valence-corrected chi connectivity index (χ2v) is 6.97. The Hall–Kier alpha value is -1.80. The molecule has 1 aromatic carbocycles. The van der Waals surface area contributed by atoms with Crippen LogP contribution >= 0.6 is 24.0 Å². The number of halogens is 2. The van der Waals surface area contributed by atoms with Crippen molar-refractivity contribution in [3.8, 4) is 11.3 Å². The second kappa shape index (κ2) is 10.7. The third-order valence-corrected chi connectivity index (χ3v) is 5.00. The van der Waals surface area contributed by atoms with Crippen LogP contribution in [0.5, 0.6) is 0 Å². The van der Waals surface area contributed by atoms with E-state index in [1.165, 1.54) is 13.5 Å². The molecule has 9 heteroatoms. The van der Waals surface area contributed by atoms with Crippen LogP contribution in [0, 0.1) is 5.92 Å². The summed E-state index contributed by atoms with van der Waals surface area (Å²) in [5.41, 5.74) is 0.231. The van der Waals surface area contributed by atoms with Gasteiger partial charge in [0, 0.05) is 12.1 Å². The normalized spacial score (nSPS) is 15.6. The van der Waals surface area contributed by atoms with Crippen molar-refractivity contribution in [3.05, 3.63) is 45.7 Å². The van der Waals surface area contributed by atoms with Crippen molar-refractivity contribution in [1.29, 1.82) is 0 Å². The Morgan fingerprint density at radius 2 is 1.86 bits per heavy atom. The fraction of sp³-hybridized carbons (Fsp3) is 0.474. The number of benzene rings is 1. The lowest BCUT2D eigenvalue weighted by molar-refractivity contribution is -0.260. The molecule has 1 unspecified atom stereocenters. The molecule has 28 heavy (non-hydrogen) atoms. The highest BCUT2D eigenvalue weighted by atomic mass is 35.5. The maximum Gasteiger partial charge on any atom is 0.348 e. The number of carbonyl (C=O) groups excluding carboxylic acids is 1. The summed E-state index contributed by atoms with van der Waals surface area (Å²) >= 11 is 6.19. The Balaban J connectivity index is 0.00000280. The highest BCUT2D eigenvalue weighted by Gasteiger charge is 2.28. The number of nitrogens with zero attached hydrogens (tertiary/aromatic N) is 2. The van der Waals surface area contributed by atoms with Crippen LogP contribution < -0.4 is 5.56 Å². The summed E-state index contributed by atoms with van der Waals surface area (Å²) in [6, 6.07) is 9.13. The average molecular weight is 431 g/mol. The Morgan fingerprint density at radius 1 is 1.18 bits per heavy atom. The lowest BCUT2D eigenvalue weighted by Gasteiger charge is -2.29. The smallest absolute Gasteiger partial charge is 0.348 e. The zero-order valence-electron chi connectivity index (χ0n) is 15.6. The zero-order chi connectivity index (χ0) is 19.2. The molecule has 0 radical (unpaired) electrons. The summed E-state index contributed by atoms with van der Waals surface area (Å²) in [4.78, 5) is 36.3. The number of carbonyl (C=O) groups is 1. The van der Waals surface area contributed by atoms with Gasteiger partial charge in [-0.3, -0.25) is 9.68 Å².